The number of benzene rings is 1. The van der Waals surface area contributed by atoms with E-state index in [0.29, 0.717) is 6.42 Å². The van der Waals surface area contributed by atoms with Crippen LogP contribution in [0.2, 0.25) is 0 Å². The summed E-state index contributed by atoms with van der Waals surface area (Å²) >= 11 is 0. The fourth-order valence-corrected chi connectivity index (χ4v) is 2.72. The van der Waals surface area contributed by atoms with Gasteiger partial charge < -0.3 is 14.2 Å². The van der Waals surface area contributed by atoms with Crippen LogP contribution in [0.3, 0.4) is 0 Å². The number of para-hydroxylation sites is 1. The average molecular weight is 310 g/mol. The number of methoxy groups -OCH3 is 1. The molecule has 1 N–H and O–H groups in total. The Morgan fingerprint density at radius 2 is 2.09 bits per heavy atom. The number of imidazole rings is 1. The van der Waals surface area contributed by atoms with Crippen molar-refractivity contribution in [1.29, 1.82) is 0 Å². The SMILES string of the molecule is COc1ccccc1-c1nc2cc(C)ccn2c1CCC(=O)O. The predicted octanol–water partition coefficient (Wildman–Crippen LogP) is 3.34. The van der Waals surface area contributed by atoms with Gasteiger partial charge in [-0.2, -0.15) is 0 Å². The van der Waals surface area contributed by atoms with Crippen molar-refractivity contribution in [3.05, 3.63) is 53.9 Å². The highest BCUT2D eigenvalue weighted by atomic mass is 16.5. The van der Waals surface area contributed by atoms with Crippen LogP contribution in [0.1, 0.15) is 17.7 Å². The highest BCUT2D eigenvalue weighted by Gasteiger charge is 2.17. The first kappa shape index (κ1) is 15.1. The summed E-state index contributed by atoms with van der Waals surface area (Å²) in [5.41, 5.74) is 4.45. The number of nitrogens with zero attached hydrogens (tertiary/aromatic N) is 2. The highest BCUT2D eigenvalue weighted by molar-refractivity contribution is 5.73. The Bertz CT molecular complexity index is 868. The maximum atomic E-state index is 11.0. The van der Waals surface area contributed by atoms with Crippen molar-refractivity contribution in [2.75, 3.05) is 7.11 Å². The summed E-state index contributed by atoms with van der Waals surface area (Å²) in [6.07, 6.45) is 2.41. The van der Waals surface area contributed by atoms with E-state index in [1.165, 1.54) is 0 Å². The number of hydrogen-bond donors (Lipinski definition) is 1. The second-order valence-electron chi connectivity index (χ2n) is 5.43. The minimum absolute atomic E-state index is 0.0593. The van der Waals surface area contributed by atoms with Crippen LogP contribution >= 0.6 is 0 Å². The number of aliphatic carboxylic acids is 1. The number of carboxylic acids is 1. The Balaban J connectivity index is 2.21. The molecule has 0 saturated carbocycles. The Morgan fingerprint density at radius 3 is 2.83 bits per heavy atom. The van der Waals surface area contributed by atoms with Gasteiger partial charge in [0.15, 0.2) is 0 Å². The third kappa shape index (κ3) is 2.90. The fourth-order valence-electron chi connectivity index (χ4n) is 2.72. The van der Waals surface area contributed by atoms with E-state index in [-0.39, 0.29) is 6.42 Å². The minimum Gasteiger partial charge on any atom is -0.496 e. The molecule has 0 bridgehead atoms. The molecule has 0 aliphatic heterocycles. The lowest BCUT2D eigenvalue weighted by Gasteiger charge is -2.08. The van der Waals surface area contributed by atoms with Crippen molar-refractivity contribution in [2.24, 2.45) is 0 Å². The summed E-state index contributed by atoms with van der Waals surface area (Å²) in [7, 11) is 1.62. The molecule has 0 amide bonds. The Morgan fingerprint density at radius 1 is 1.30 bits per heavy atom. The monoisotopic (exact) mass is 310 g/mol. The van der Waals surface area contributed by atoms with Gasteiger partial charge in [0, 0.05) is 18.2 Å². The van der Waals surface area contributed by atoms with Crippen LogP contribution in [0, 0.1) is 6.92 Å². The average Bonchev–Trinajstić information content (AvgIpc) is 2.90. The molecule has 118 valence electrons. The summed E-state index contributed by atoms with van der Waals surface area (Å²) in [4.78, 5) is 15.7. The van der Waals surface area contributed by atoms with E-state index in [0.717, 1.165) is 33.9 Å². The second-order valence-corrected chi connectivity index (χ2v) is 5.43. The molecule has 0 fully saturated rings. The number of rotatable bonds is 5. The topological polar surface area (TPSA) is 63.8 Å². The standard InChI is InChI=1S/C18H18N2O3/c1-12-9-10-20-14(7-8-17(21)22)18(19-16(20)11-12)13-5-3-4-6-15(13)23-2/h3-6,9-11H,7-8H2,1-2H3,(H,21,22). The minimum atomic E-state index is -0.821. The molecular formula is C18H18N2O3. The van der Waals surface area contributed by atoms with Crippen LogP contribution in [0.15, 0.2) is 42.6 Å². The van der Waals surface area contributed by atoms with Crippen LogP contribution in [0.5, 0.6) is 5.75 Å². The summed E-state index contributed by atoms with van der Waals surface area (Å²) in [6.45, 7) is 2.01. The number of carboxylic acid groups (broad SMARTS) is 1. The number of pyridine rings is 1. The van der Waals surface area contributed by atoms with Gasteiger partial charge in [0.25, 0.3) is 0 Å². The maximum absolute atomic E-state index is 11.0. The van der Waals surface area contributed by atoms with Crippen LogP contribution in [0.4, 0.5) is 0 Å². The number of ether oxygens (including phenoxy) is 1. The molecule has 0 aliphatic rings. The molecule has 0 aliphatic carbocycles. The third-order valence-corrected chi connectivity index (χ3v) is 3.82. The Hall–Kier alpha value is -2.82. The van der Waals surface area contributed by atoms with E-state index in [9.17, 15) is 4.79 Å². The molecule has 0 spiro atoms. The van der Waals surface area contributed by atoms with E-state index in [1.54, 1.807) is 7.11 Å². The molecule has 0 radical (unpaired) electrons. The van der Waals surface area contributed by atoms with Crippen molar-refractivity contribution in [1.82, 2.24) is 9.38 Å². The molecule has 5 nitrogen and oxygen atoms in total. The van der Waals surface area contributed by atoms with Gasteiger partial charge in [-0.3, -0.25) is 4.79 Å². The first-order valence-corrected chi connectivity index (χ1v) is 7.43. The summed E-state index contributed by atoms with van der Waals surface area (Å²) in [5, 5.41) is 9.04. The van der Waals surface area contributed by atoms with Crippen molar-refractivity contribution >= 4 is 11.6 Å². The number of carbonyl (C=O) groups is 1. The largest absolute Gasteiger partial charge is 0.496 e. The third-order valence-electron chi connectivity index (χ3n) is 3.82. The lowest BCUT2D eigenvalue weighted by molar-refractivity contribution is -0.136. The molecule has 23 heavy (non-hydrogen) atoms. The molecule has 2 aromatic heterocycles. The van der Waals surface area contributed by atoms with Gasteiger partial charge in [0.2, 0.25) is 0 Å². The molecule has 0 unspecified atom stereocenters. The quantitative estimate of drug-likeness (QED) is 0.785. The van der Waals surface area contributed by atoms with Crippen molar-refractivity contribution in [3.8, 4) is 17.0 Å². The lowest BCUT2D eigenvalue weighted by atomic mass is 10.1. The molecule has 5 heteroatoms. The van der Waals surface area contributed by atoms with Gasteiger partial charge in [-0.15, -0.1) is 0 Å². The molecule has 2 heterocycles. The fraction of sp³-hybridized carbons (Fsp3) is 0.222. The van der Waals surface area contributed by atoms with Gasteiger partial charge in [-0.1, -0.05) is 12.1 Å². The van der Waals surface area contributed by atoms with Crippen molar-refractivity contribution < 1.29 is 14.6 Å². The second kappa shape index (κ2) is 6.12. The smallest absolute Gasteiger partial charge is 0.303 e. The Labute approximate surface area is 134 Å². The molecule has 0 atom stereocenters. The van der Waals surface area contributed by atoms with E-state index in [4.69, 9.17) is 14.8 Å². The molecular weight excluding hydrogens is 292 g/mol. The van der Waals surface area contributed by atoms with Gasteiger partial charge in [0.1, 0.15) is 11.4 Å². The van der Waals surface area contributed by atoms with Gasteiger partial charge in [-0.25, -0.2) is 4.98 Å². The highest BCUT2D eigenvalue weighted by Crippen LogP contribution is 2.32. The summed E-state index contributed by atoms with van der Waals surface area (Å²) < 4.78 is 7.39. The van der Waals surface area contributed by atoms with Crippen LogP contribution in [-0.2, 0) is 11.2 Å². The lowest BCUT2D eigenvalue weighted by Crippen LogP contribution is -2.02. The van der Waals surface area contributed by atoms with E-state index < -0.39 is 5.97 Å². The number of aryl methyl sites for hydroxylation is 2. The first-order chi connectivity index (χ1) is 11.1. The maximum Gasteiger partial charge on any atom is 0.303 e. The molecule has 3 rings (SSSR count). The summed E-state index contributed by atoms with van der Waals surface area (Å²) in [5.74, 6) is -0.0951. The molecule has 3 aromatic rings. The molecule has 0 saturated heterocycles. The van der Waals surface area contributed by atoms with Gasteiger partial charge in [-0.05, 0) is 36.8 Å². The predicted molar refractivity (Wildman–Crippen MR) is 87.9 cm³/mol. The normalized spacial score (nSPS) is 10.9. The van der Waals surface area contributed by atoms with E-state index in [2.05, 4.69) is 0 Å². The number of aromatic nitrogens is 2. The van der Waals surface area contributed by atoms with Crippen molar-refractivity contribution in [2.45, 2.75) is 19.8 Å². The van der Waals surface area contributed by atoms with Crippen molar-refractivity contribution in [3.63, 3.8) is 0 Å². The van der Waals surface area contributed by atoms with Gasteiger partial charge >= 0.3 is 5.97 Å². The molecule has 1 aromatic carbocycles. The Kier molecular flexibility index (Phi) is 4.02. The van der Waals surface area contributed by atoms with E-state index >= 15 is 0 Å². The zero-order valence-corrected chi connectivity index (χ0v) is 13.1. The summed E-state index contributed by atoms with van der Waals surface area (Å²) in [6, 6.07) is 11.6. The zero-order valence-electron chi connectivity index (χ0n) is 13.1. The van der Waals surface area contributed by atoms with Crippen LogP contribution in [0.25, 0.3) is 16.9 Å². The number of fused-ring (bicyclic) bond motifs is 1. The van der Waals surface area contributed by atoms with Crippen LogP contribution < -0.4 is 4.74 Å². The zero-order chi connectivity index (χ0) is 16.4. The van der Waals surface area contributed by atoms with E-state index in [1.807, 2.05) is 53.9 Å². The van der Waals surface area contributed by atoms with Crippen LogP contribution in [-0.4, -0.2) is 27.6 Å². The first-order valence-electron chi connectivity index (χ1n) is 7.43. The van der Waals surface area contributed by atoms with Gasteiger partial charge in [0.05, 0.1) is 24.9 Å². The number of hydrogen-bond acceptors (Lipinski definition) is 3.